The zero-order valence-corrected chi connectivity index (χ0v) is 15.8. The van der Waals surface area contributed by atoms with Crippen LogP contribution >= 0.6 is 0 Å². The Balaban J connectivity index is 1.72. The Morgan fingerprint density at radius 1 is 1.11 bits per heavy atom. The molecule has 1 aliphatic heterocycles. The van der Waals surface area contributed by atoms with Crippen LogP contribution in [0.5, 0.6) is 5.75 Å². The van der Waals surface area contributed by atoms with E-state index in [2.05, 4.69) is 29.6 Å². The first-order valence-electron chi connectivity index (χ1n) is 9.69. The largest absolute Gasteiger partial charge is 0.494 e. The molecule has 140 valence electrons. The Morgan fingerprint density at radius 2 is 1.96 bits per heavy atom. The number of carbonyl (C=O) groups is 1. The minimum Gasteiger partial charge on any atom is -0.494 e. The van der Waals surface area contributed by atoms with Crippen molar-refractivity contribution in [2.75, 3.05) is 18.5 Å². The zero-order chi connectivity index (χ0) is 18.8. The second kappa shape index (κ2) is 7.47. The van der Waals surface area contributed by atoms with Gasteiger partial charge < -0.3 is 14.8 Å². The van der Waals surface area contributed by atoms with Gasteiger partial charge in [-0.15, -0.1) is 0 Å². The molecule has 2 aromatic rings. The van der Waals surface area contributed by atoms with E-state index in [1.807, 2.05) is 44.2 Å². The minimum absolute atomic E-state index is 0.175. The SMILES string of the molecule is CCOC(=O)c1ccc2c(c1)C1C=CCC1C(c1ccccc1OCC)N2. The van der Waals surface area contributed by atoms with E-state index in [1.54, 1.807) is 0 Å². The number of allylic oxidation sites excluding steroid dienone is 2. The molecule has 0 saturated heterocycles. The fourth-order valence-corrected chi connectivity index (χ4v) is 4.27. The number of rotatable bonds is 5. The van der Waals surface area contributed by atoms with Crippen molar-refractivity contribution in [1.29, 1.82) is 0 Å². The van der Waals surface area contributed by atoms with E-state index in [9.17, 15) is 4.79 Å². The van der Waals surface area contributed by atoms with Crippen LogP contribution in [0, 0.1) is 5.92 Å². The molecule has 4 rings (SSSR count). The highest BCUT2D eigenvalue weighted by Gasteiger charge is 2.39. The molecule has 1 heterocycles. The van der Waals surface area contributed by atoms with Gasteiger partial charge >= 0.3 is 5.97 Å². The third kappa shape index (κ3) is 3.20. The van der Waals surface area contributed by atoms with Gasteiger partial charge in [0, 0.05) is 17.2 Å². The molecule has 0 fully saturated rings. The fraction of sp³-hybridized carbons (Fsp3) is 0.348. The Labute approximate surface area is 160 Å². The first-order chi connectivity index (χ1) is 13.2. The molecule has 27 heavy (non-hydrogen) atoms. The summed E-state index contributed by atoms with van der Waals surface area (Å²) in [7, 11) is 0. The molecule has 2 aliphatic rings. The molecule has 0 aromatic heterocycles. The second-order valence-corrected chi connectivity index (χ2v) is 6.97. The number of hydrogen-bond acceptors (Lipinski definition) is 4. The number of fused-ring (bicyclic) bond motifs is 3. The monoisotopic (exact) mass is 363 g/mol. The molecule has 0 amide bonds. The topological polar surface area (TPSA) is 47.6 Å². The van der Waals surface area contributed by atoms with Crippen molar-refractivity contribution in [2.45, 2.75) is 32.2 Å². The van der Waals surface area contributed by atoms with Crippen LogP contribution < -0.4 is 10.1 Å². The fourth-order valence-electron chi connectivity index (χ4n) is 4.27. The van der Waals surface area contributed by atoms with E-state index in [1.165, 1.54) is 11.1 Å². The number of anilines is 1. The van der Waals surface area contributed by atoms with E-state index < -0.39 is 0 Å². The number of nitrogens with one attached hydrogen (secondary N) is 1. The summed E-state index contributed by atoms with van der Waals surface area (Å²) in [5.41, 5.74) is 4.05. The van der Waals surface area contributed by atoms with E-state index in [0.717, 1.165) is 17.9 Å². The predicted octanol–water partition coefficient (Wildman–Crippen LogP) is 5.09. The smallest absolute Gasteiger partial charge is 0.338 e. The Bertz CT molecular complexity index is 874. The van der Waals surface area contributed by atoms with Crippen molar-refractivity contribution in [3.8, 4) is 5.75 Å². The van der Waals surface area contributed by atoms with Crippen molar-refractivity contribution in [1.82, 2.24) is 0 Å². The van der Waals surface area contributed by atoms with E-state index >= 15 is 0 Å². The van der Waals surface area contributed by atoms with Crippen molar-refractivity contribution >= 4 is 11.7 Å². The van der Waals surface area contributed by atoms with Gasteiger partial charge in [-0.2, -0.15) is 0 Å². The Hall–Kier alpha value is -2.75. The molecule has 4 nitrogen and oxygen atoms in total. The molecule has 4 heteroatoms. The number of hydrogen-bond donors (Lipinski definition) is 1. The molecular weight excluding hydrogens is 338 g/mol. The third-order valence-electron chi connectivity index (χ3n) is 5.43. The summed E-state index contributed by atoms with van der Waals surface area (Å²) in [5.74, 6) is 1.37. The van der Waals surface area contributed by atoms with E-state index in [4.69, 9.17) is 9.47 Å². The number of esters is 1. The normalized spacial score (nSPS) is 22.5. The molecule has 0 saturated carbocycles. The third-order valence-corrected chi connectivity index (χ3v) is 5.43. The lowest BCUT2D eigenvalue weighted by Crippen LogP contribution is -2.29. The van der Waals surface area contributed by atoms with E-state index in [0.29, 0.717) is 24.7 Å². The van der Waals surface area contributed by atoms with Crippen LogP contribution in [0.4, 0.5) is 5.69 Å². The maximum atomic E-state index is 12.1. The summed E-state index contributed by atoms with van der Waals surface area (Å²) in [6.07, 6.45) is 5.53. The lowest BCUT2D eigenvalue weighted by molar-refractivity contribution is 0.0526. The lowest BCUT2D eigenvalue weighted by atomic mass is 9.76. The summed E-state index contributed by atoms with van der Waals surface area (Å²) in [4.78, 5) is 12.1. The quantitative estimate of drug-likeness (QED) is 0.594. The van der Waals surface area contributed by atoms with Crippen molar-refractivity contribution in [2.24, 2.45) is 5.92 Å². The Kier molecular flexibility index (Phi) is 4.88. The average Bonchev–Trinajstić information content (AvgIpc) is 3.18. The summed E-state index contributed by atoms with van der Waals surface area (Å²) in [6.45, 7) is 4.87. The first-order valence-corrected chi connectivity index (χ1v) is 9.69. The van der Waals surface area contributed by atoms with Crippen LogP contribution in [0.1, 0.15) is 53.7 Å². The van der Waals surface area contributed by atoms with Gasteiger partial charge in [-0.3, -0.25) is 0 Å². The zero-order valence-electron chi connectivity index (χ0n) is 15.8. The molecule has 0 radical (unpaired) electrons. The number of carbonyl (C=O) groups excluding carboxylic acids is 1. The minimum atomic E-state index is -0.261. The summed E-state index contributed by atoms with van der Waals surface area (Å²) in [6, 6.07) is 14.3. The standard InChI is InChI=1S/C23H25NO3/c1-3-26-21-11-6-5-8-18(21)22-17-10-7-9-16(17)19-14-15(23(25)27-4-2)12-13-20(19)24-22/h5-9,11-14,16-17,22,24H,3-4,10H2,1-2H3. The van der Waals surface area contributed by atoms with Gasteiger partial charge in [-0.05, 0) is 56.0 Å². The van der Waals surface area contributed by atoms with Gasteiger partial charge in [0.25, 0.3) is 0 Å². The molecule has 0 bridgehead atoms. The van der Waals surface area contributed by atoms with Crippen molar-refractivity contribution < 1.29 is 14.3 Å². The van der Waals surface area contributed by atoms with Crippen LogP contribution in [0.15, 0.2) is 54.6 Å². The van der Waals surface area contributed by atoms with Crippen LogP contribution in [-0.4, -0.2) is 19.2 Å². The number of benzene rings is 2. The maximum Gasteiger partial charge on any atom is 0.338 e. The average molecular weight is 363 g/mol. The van der Waals surface area contributed by atoms with E-state index in [-0.39, 0.29) is 17.9 Å². The summed E-state index contributed by atoms with van der Waals surface area (Å²) >= 11 is 0. The maximum absolute atomic E-state index is 12.1. The molecule has 2 aromatic carbocycles. The first kappa shape index (κ1) is 17.7. The van der Waals surface area contributed by atoms with Crippen LogP contribution in [-0.2, 0) is 4.74 Å². The molecule has 0 spiro atoms. The molecule has 3 unspecified atom stereocenters. The highest BCUT2D eigenvalue weighted by atomic mass is 16.5. The van der Waals surface area contributed by atoms with Gasteiger partial charge in [0.05, 0.1) is 24.8 Å². The van der Waals surface area contributed by atoms with Crippen LogP contribution in [0.2, 0.25) is 0 Å². The van der Waals surface area contributed by atoms with Crippen LogP contribution in [0.3, 0.4) is 0 Å². The van der Waals surface area contributed by atoms with Gasteiger partial charge in [-0.25, -0.2) is 4.79 Å². The number of ether oxygens (including phenoxy) is 2. The lowest BCUT2D eigenvalue weighted by Gasteiger charge is -2.38. The second-order valence-electron chi connectivity index (χ2n) is 6.97. The highest BCUT2D eigenvalue weighted by Crippen LogP contribution is 2.51. The van der Waals surface area contributed by atoms with Crippen molar-refractivity contribution in [3.63, 3.8) is 0 Å². The van der Waals surface area contributed by atoms with Gasteiger partial charge in [-0.1, -0.05) is 30.4 Å². The Morgan fingerprint density at radius 3 is 2.78 bits per heavy atom. The predicted molar refractivity (Wildman–Crippen MR) is 106 cm³/mol. The van der Waals surface area contributed by atoms with Crippen molar-refractivity contribution in [3.05, 3.63) is 71.3 Å². The van der Waals surface area contributed by atoms with Gasteiger partial charge in [0.2, 0.25) is 0 Å². The number of para-hydroxylation sites is 1. The summed E-state index contributed by atoms with van der Waals surface area (Å²) in [5, 5.41) is 3.71. The van der Waals surface area contributed by atoms with Gasteiger partial charge in [0.1, 0.15) is 5.75 Å². The van der Waals surface area contributed by atoms with Gasteiger partial charge in [0.15, 0.2) is 0 Å². The molecule has 1 aliphatic carbocycles. The molecule has 3 atom stereocenters. The molecular formula is C23H25NO3. The summed E-state index contributed by atoms with van der Waals surface area (Å²) < 4.78 is 11.1. The molecule has 1 N–H and O–H groups in total. The van der Waals surface area contributed by atoms with Crippen LogP contribution in [0.25, 0.3) is 0 Å². The highest BCUT2D eigenvalue weighted by molar-refractivity contribution is 5.90.